The maximum Gasteiger partial charge on any atom is 0.120 e. The van der Waals surface area contributed by atoms with Gasteiger partial charge in [0.25, 0.3) is 0 Å². The van der Waals surface area contributed by atoms with Crippen LogP contribution in [-0.2, 0) is 0 Å². The minimum atomic E-state index is -2.30. The van der Waals surface area contributed by atoms with Gasteiger partial charge in [-0.05, 0) is 159 Å². The number of rotatable bonds is 30. The molecule has 3 aromatic heterocycles. The van der Waals surface area contributed by atoms with E-state index in [1.807, 2.05) is 0 Å². The third kappa shape index (κ3) is 12.4. The van der Waals surface area contributed by atoms with E-state index in [1.165, 1.54) is 223 Å². The van der Waals surface area contributed by atoms with Crippen LogP contribution in [0.5, 0.6) is 0 Å². The van der Waals surface area contributed by atoms with Crippen LogP contribution in [0.2, 0.25) is 24.2 Å². The molecule has 0 amide bonds. The first-order valence-electron chi connectivity index (χ1n) is 33.3. The molecule has 8 bridgehead atoms. The molecule has 0 atom stereocenters. The van der Waals surface area contributed by atoms with Gasteiger partial charge >= 0.3 is 0 Å². The topological polar surface area (TPSA) is 57.4 Å². The Labute approximate surface area is 522 Å². The van der Waals surface area contributed by atoms with Gasteiger partial charge in [0.15, 0.2) is 0 Å². The molecule has 7 heterocycles. The molecule has 4 nitrogen and oxygen atoms in total. The fourth-order valence-corrected chi connectivity index (χ4v) is 28.0. The molecule has 7 aromatic rings. The second-order valence-electron chi connectivity index (χ2n) is 25.2. The van der Waals surface area contributed by atoms with Crippen molar-refractivity contribution in [1.82, 2.24) is 19.9 Å². The largest absolute Gasteiger partial charge is 0.354 e. The minimum Gasteiger partial charge on any atom is -0.354 e. The molecule has 8 heteroatoms. The highest BCUT2D eigenvalue weighted by Gasteiger charge is 2.48. The number of aromatic amines is 2. The summed E-state index contributed by atoms with van der Waals surface area (Å²) in [5.41, 5.74) is 18.9. The molecule has 0 aliphatic carbocycles. The molecule has 4 aliphatic rings. The van der Waals surface area contributed by atoms with Crippen LogP contribution >= 0.6 is 31.9 Å². The van der Waals surface area contributed by atoms with Crippen LogP contribution < -0.4 is 20.7 Å². The number of unbranched alkanes of at least 4 members (excludes halogenated alkanes) is 20. The fourth-order valence-electron chi connectivity index (χ4n) is 15.4. The molecule has 0 saturated heterocycles. The third-order valence-corrected chi connectivity index (χ3v) is 32.0. The molecule has 84 heavy (non-hydrogen) atoms. The molecule has 0 saturated carbocycles. The number of hydrogen-bond acceptors (Lipinski definition) is 2. The van der Waals surface area contributed by atoms with E-state index in [9.17, 15) is 0 Å². The molecule has 438 valence electrons. The van der Waals surface area contributed by atoms with Gasteiger partial charge in [-0.3, -0.25) is 0 Å². The lowest BCUT2D eigenvalue weighted by Crippen LogP contribution is -2.55. The quantitative estimate of drug-likeness (QED) is 0.0348. The maximum absolute atomic E-state index is 5.70. The lowest BCUT2D eigenvalue weighted by Gasteiger charge is -2.32. The summed E-state index contributed by atoms with van der Waals surface area (Å²) in [7, 11) is -4.61. The van der Waals surface area contributed by atoms with Gasteiger partial charge in [-0.1, -0.05) is 267 Å². The Balaban J connectivity index is 1.09. The molecule has 0 fully saturated rings. The molecule has 4 aliphatic heterocycles. The van der Waals surface area contributed by atoms with Gasteiger partial charge in [0.1, 0.15) is 16.1 Å². The first kappa shape index (κ1) is 60.6. The van der Waals surface area contributed by atoms with Gasteiger partial charge in [-0.15, -0.1) is 0 Å². The summed E-state index contributed by atoms with van der Waals surface area (Å²) in [6.07, 6.45) is 40.5. The van der Waals surface area contributed by atoms with E-state index in [0.717, 1.165) is 53.8 Å². The van der Waals surface area contributed by atoms with E-state index in [0.29, 0.717) is 0 Å². The average molecular weight is 1280 g/mol. The Morgan fingerprint density at radius 2 is 0.607 bits per heavy atom. The summed E-state index contributed by atoms with van der Waals surface area (Å²) in [5.74, 6) is 0. The lowest BCUT2D eigenvalue weighted by atomic mass is 9.98. The van der Waals surface area contributed by atoms with E-state index in [1.54, 1.807) is 20.7 Å². The smallest absolute Gasteiger partial charge is 0.120 e. The summed E-state index contributed by atoms with van der Waals surface area (Å²) in [6, 6.07) is 47.9. The molecular weight excluding hydrogens is 1180 g/mol. The van der Waals surface area contributed by atoms with Gasteiger partial charge < -0.3 is 9.97 Å². The van der Waals surface area contributed by atoms with E-state index in [-0.39, 0.29) is 0 Å². The molecule has 11 rings (SSSR count). The molecular formula is C76H92Br2N4Si2. The van der Waals surface area contributed by atoms with Crippen LogP contribution in [0.25, 0.3) is 90.9 Å². The highest BCUT2D eigenvalue weighted by atomic mass is 79.9. The SMILES string of the molecule is CCCCCCCC[Si]1(CCCCCCCC)c2ccccc2-c2cccc(-c3c4nc(c(Br)c5ccc([nH]5)c(-c5cccc6c5[Si](CCCCCCCC)(CCCCCCCC)c5ccccc5-6)c5nc(c(Br)c6ccc3[nH]6)C=C5)C=C4)c21. The van der Waals surface area contributed by atoms with Crippen LogP contribution in [0.3, 0.4) is 0 Å². The third-order valence-electron chi connectivity index (χ3n) is 19.5. The monoisotopic (exact) mass is 1270 g/mol. The summed E-state index contributed by atoms with van der Waals surface area (Å²) >= 11 is 8.44. The molecule has 0 unspecified atom stereocenters. The van der Waals surface area contributed by atoms with Crippen molar-refractivity contribution < 1.29 is 0 Å². The zero-order chi connectivity index (χ0) is 57.9. The molecule has 0 radical (unpaired) electrons. The Bertz CT molecular complexity index is 3390. The second-order valence-corrected chi connectivity index (χ2v) is 35.2. The van der Waals surface area contributed by atoms with E-state index in [2.05, 4.69) is 203 Å². The number of halogens is 2. The standard InChI is InChI=1S/C76H92Br2N4Si2/c1-5-9-13-17-21-29-51-83(52-30-22-18-14-10-6-2)69-41-27-25-35-55(69)57-37-33-39-59(75(57)83)71-61-43-47-65(79-61)73(77)67-49-45-63(81-67)72(64-46-50-68(82-64)74(78)66-48-44-62(71)80-66)60-40-34-38-58-56-36-26-28-42-70(56)84(76(58)60,53-31-23-19-15-11-7-3)54-32-24-20-16-12-8-4/h25-28,33-50,79,82H,5-24,29-32,51-54H2,1-4H3. The van der Waals surface area contributed by atoms with E-state index in [4.69, 9.17) is 9.97 Å². The number of H-pyrrole nitrogens is 2. The van der Waals surface area contributed by atoms with Crippen LogP contribution in [-0.4, -0.2) is 36.1 Å². The highest BCUT2D eigenvalue weighted by Crippen LogP contribution is 2.44. The van der Waals surface area contributed by atoms with Crippen molar-refractivity contribution in [2.75, 3.05) is 0 Å². The normalized spacial score (nSPS) is 14.1. The van der Waals surface area contributed by atoms with E-state index >= 15 is 0 Å². The number of hydrogen-bond donors (Lipinski definition) is 2. The Kier molecular flexibility index (Phi) is 20.6. The van der Waals surface area contributed by atoms with Gasteiger partial charge in [0.05, 0.1) is 42.8 Å². The first-order chi connectivity index (χ1) is 41.4. The Hall–Kier alpha value is -5.13. The molecule has 4 aromatic carbocycles. The minimum absolute atomic E-state index is 0.927. The average Bonchev–Trinajstić information content (AvgIpc) is 1.71. The van der Waals surface area contributed by atoms with Crippen LogP contribution in [0.15, 0.2) is 118 Å². The summed E-state index contributed by atoms with van der Waals surface area (Å²) in [5, 5.41) is 6.57. The number of nitrogens with one attached hydrogen (secondary N) is 2. The van der Waals surface area contributed by atoms with Crippen LogP contribution in [0.4, 0.5) is 0 Å². The Morgan fingerprint density at radius 3 is 0.976 bits per heavy atom. The molecule has 0 spiro atoms. The van der Waals surface area contributed by atoms with Crippen molar-refractivity contribution in [3.05, 3.63) is 141 Å². The Morgan fingerprint density at radius 1 is 0.310 bits per heavy atom. The lowest BCUT2D eigenvalue weighted by molar-refractivity contribution is 0.616. The van der Waals surface area contributed by atoms with Crippen molar-refractivity contribution in [1.29, 1.82) is 0 Å². The van der Waals surface area contributed by atoms with E-state index < -0.39 is 16.1 Å². The molecule has 2 N–H and O–H groups in total. The van der Waals surface area contributed by atoms with Crippen LogP contribution in [0.1, 0.15) is 205 Å². The summed E-state index contributed by atoms with van der Waals surface area (Å²) < 4.78 is 1.93. The summed E-state index contributed by atoms with van der Waals surface area (Å²) in [6.45, 7) is 9.33. The number of benzene rings is 4. The van der Waals surface area contributed by atoms with Crippen molar-refractivity contribution >= 4 is 115 Å². The predicted molar refractivity (Wildman–Crippen MR) is 379 cm³/mol. The number of fused-ring (bicyclic) bond motifs is 14. The van der Waals surface area contributed by atoms with Crippen LogP contribution in [0, 0.1) is 0 Å². The zero-order valence-electron chi connectivity index (χ0n) is 51.2. The van der Waals surface area contributed by atoms with Crippen molar-refractivity contribution in [2.24, 2.45) is 0 Å². The van der Waals surface area contributed by atoms with Crippen molar-refractivity contribution in [3.63, 3.8) is 0 Å². The number of aromatic nitrogens is 4. The number of nitrogens with zero attached hydrogens (tertiary/aromatic N) is 2. The second kappa shape index (κ2) is 28.6. The predicted octanol–water partition coefficient (Wildman–Crippen LogP) is 22.0. The van der Waals surface area contributed by atoms with Gasteiger partial charge in [0.2, 0.25) is 0 Å². The zero-order valence-corrected chi connectivity index (χ0v) is 56.3. The summed E-state index contributed by atoms with van der Waals surface area (Å²) in [4.78, 5) is 19.5. The van der Waals surface area contributed by atoms with Crippen molar-refractivity contribution in [2.45, 2.75) is 206 Å². The maximum atomic E-state index is 5.70. The van der Waals surface area contributed by atoms with Crippen molar-refractivity contribution in [3.8, 4) is 44.5 Å². The fraction of sp³-hybridized carbons (Fsp3) is 0.421. The van der Waals surface area contributed by atoms with Gasteiger partial charge in [-0.2, -0.15) is 0 Å². The van der Waals surface area contributed by atoms with Gasteiger partial charge in [-0.25, -0.2) is 9.97 Å². The first-order valence-corrected chi connectivity index (χ1v) is 39.7. The van der Waals surface area contributed by atoms with Gasteiger partial charge in [0, 0.05) is 22.2 Å². The highest BCUT2D eigenvalue weighted by molar-refractivity contribution is 9.11.